The second-order valence-electron chi connectivity index (χ2n) is 19.6. The summed E-state index contributed by atoms with van der Waals surface area (Å²) in [4.78, 5) is 58.0. The molecule has 2 N–H and O–H groups in total. The van der Waals surface area contributed by atoms with Crippen LogP contribution in [0, 0.1) is 39.0 Å². The standard InChI is InChI=1S/C53H64BrN9O4S/c1-33-11-12-41(48-35(3)59-67-37(48)5)28-46(33)62(42-17-18-44(43(54)29-42)61-27-22-55-31-61)26-21-38-19-24-60(25-20-38)30-47(64)58-50(53(6,7)8)52(66)63-23-9-10-45(63)51(65)57-34(2)39-13-15-40(16-14-39)49-36(4)56-32-68-49/h11-18,22,27-29,31-32,34,38,45,50H,9-10,19-21,23-26,30H2,1-8H3,(H,57,65)(H,58,64)/t34-,45-,50+/m0/s1. The molecule has 6 aromatic rings. The molecule has 15 heteroatoms. The van der Waals surface area contributed by atoms with Crippen molar-refractivity contribution in [1.29, 1.82) is 0 Å². The van der Waals surface area contributed by atoms with Crippen molar-refractivity contribution in [2.45, 2.75) is 106 Å². The van der Waals surface area contributed by atoms with E-state index in [1.807, 2.05) is 76.9 Å². The van der Waals surface area contributed by atoms with Gasteiger partial charge in [-0.2, -0.15) is 0 Å². The molecule has 5 heterocycles. The van der Waals surface area contributed by atoms with Gasteiger partial charge in [-0.1, -0.05) is 62.3 Å². The zero-order valence-electron chi connectivity index (χ0n) is 40.5. The molecule has 0 saturated carbocycles. The van der Waals surface area contributed by atoms with Crippen molar-refractivity contribution in [3.8, 4) is 27.3 Å². The second-order valence-corrected chi connectivity index (χ2v) is 21.4. The summed E-state index contributed by atoms with van der Waals surface area (Å²) in [5, 5.41) is 10.5. The number of likely N-dealkylation sites (tertiary alicyclic amines) is 2. The van der Waals surface area contributed by atoms with E-state index in [1.54, 1.807) is 28.8 Å². The first kappa shape index (κ1) is 48.8. The molecule has 0 unspecified atom stereocenters. The molecule has 2 aliphatic rings. The van der Waals surface area contributed by atoms with Crippen LogP contribution in [0.2, 0.25) is 0 Å². The van der Waals surface area contributed by atoms with Crippen LogP contribution in [-0.2, 0) is 14.4 Å². The number of piperidine rings is 1. The largest absolute Gasteiger partial charge is 0.361 e. The summed E-state index contributed by atoms with van der Waals surface area (Å²) in [7, 11) is 0. The molecule has 0 aliphatic carbocycles. The predicted molar refractivity (Wildman–Crippen MR) is 273 cm³/mol. The molecule has 13 nitrogen and oxygen atoms in total. The smallest absolute Gasteiger partial charge is 0.246 e. The van der Waals surface area contributed by atoms with Gasteiger partial charge >= 0.3 is 0 Å². The van der Waals surface area contributed by atoms with Crippen LogP contribution in [-0.4, -0.2) is 92.0 Å². The van der Waals surface area contributed by atoms with E-state index < -0.39 is 17.5 Å². The number of hydrogen-bond acceptors (Lipinski definition) is 10. The third-order valence-electron chi connectivity index (χ3n) is 13.7. The Morgan fingerprint density at radius 3 is 2.32 bits per heavy atom. The minimum Gasteiger partial charge on any atom is -0.361 e. The Kier molecular flexibility index (Phi) is 15.0. The molecular formula is C53H64BrN9O4S. The van der Waals surface area contributed by atoms with E-state index in [0.717, 1.165) is 111 Å². The van der Waals surface area contributed by atoms with Crippen molar-refractivity contribution in [1.82, 2.24) is 40.1 Å². The summed E-state index contributed by atoms with van der Waals surface area (Å²) in [5.41, 5.74) is 11.7. The fourth-order valence-electron chi connectivity index (χ4n) is 9.78. The van der Waals surface area contributed by atoms with Crippen LogP contribution in [0.4, 0.5) is 11.4 Å². The van der Waals surface area contributed by atoms with Gasteiger partial charge in [-0.15, -0.1) is 11.3 Å². The summed E-state index contributed by atoms with van der Waals surface area (Å²) in [6.07, 6.45) is 9.71. The number of rotatable bonds is 15. The molecule has 3 atom stereocenters. The summed E-state index contributed by atoms with van der Waals surface area (Å²) in [6, 6.07) is 19.6. The van der Waals surface area contributed by atoms with E-state index in [0.29, 0.717) is 18.9 Å². The number of benzene rings is 3. The number of aromatic nitrogens is 4. The fourth-order valence-corrected chi connectivity index (χ4v) is 11.2. The van der Waals surface area contributed by atoms with Crippen molar-refractivity contribution < 1.29 is 18.9 Å². The van der Waals surface area contributed by atoms with Crippen LogP contribution in [0.5, 0.6) is 0 Å². The molecule has 3 aromatic carbocycles. The van der Waals surface area contributed by atoms with Gasteiger partial charge in [0.1, 0.15) is 17.8 Å². The van der Waals surface area contributed by atoms with Crippen LogP contribution in [0.1, 0.15) is 94.1 Å². The molecular weight excluding hydrogens is 939 g/mol. The second kappa shape index (κ2) is 20.9. The number of halogens is 1. The summed E-state index contributed by atoms with van der Waals surface area (Å²) < 4.78 is 8.53. The van der Waals surface area contributed by atoms with E-state index in [9.17, 15) is 14.4 Å². The van der Waals surface area contributed by atoms with Crippen molar-refractivity contribution in [3.63, 3.8) is 0 Å². The van der Waals surface area contributed by atoms with E-state index in [-0.39, 0.29) is 30.3 Å². The van der Waals surface area contributed by atoms with Gasteiger partial charge in [-0.05, 0) is 154 Å². The number of nitrogens with zero attached hydrogens (tertiary/aromatic N) is 7. The van der Waals surface area contributed by atoms with Gasteiger partial charge < -0.3 is 29.5 Å². The Morgan fingerprint density at radius 2 is 1.68 bits per heavy atom. The topological polar surface area (TPSA) is 142 Å². The predicted octanol–water partition coefficient (Wildman–Crippen LogP) is 10.3. The zero-order chi connectivity index (χ0) is 48.3. The zero-order valence-corrected chi connectivity index (χ0v) is 42.9. The summed E-state index contributed by atoms with van der Waals surface area (Å²) in [5.74, 6) is 0.706. The molecule has 0 bridgehead atoms. The van der Waals surface area contributed by atoms with Crippen molar-refractivity contribution in [2.75, 3.05) is 37.6 Å². The third-order valence-corrected chi connectivity index (χ3v) is 15.3. The lowest BCUT2D eigenvalue weighted by Crippen LogP contribution is -2.58. The monoisotopic (exact) mass is 1000 g/mol. The molecule has 358 valence electrons. The summed E-state index contributed by atoms with van der Waals surface area (Å²) >= 11 is 5.47. The van der Waals surface area contributed by atoms with E-state index in [4.69, 9.17) is 4.52 Å². The minimum absolute atomic E-state index is 0.173. The SMILES string of the molecule is Cc1ccc(-c2c(C)noc2C)cc1N(CCC1CCN(CC(=O)N[C@H](C(=O)N2CCC[C@H]2C(=O)N[C@@H](C)c2ccc(-c3scnc3C)cc2)C(C)(C)C)CC1)c1ccc(-n2ccnc2)c(Br)c1. The van der Waals surface area contributed by atoms with Gasteiger partial charge in [0.25, 0.3) is 0 Å². The number of carbonyl (C=O) groups excluding carboxylic acids is 3. The van der Waals surface area contributed by atoms with Gasteiger partial charge in [0, 0.05) is 46.9 Å². The first-order chi connectivity index (χ1) is 32.5. The lowest BCUT2D eigenvalue weighted by atomic mass is 9.85. The average Bonchev–Trinajstić information content (AvgIpc) is 4.16. The van der Waals surface area contributed by atoms with Gasteiger partial charge in [-0.25, -0.2) is 9.97 Å². The quantitative estimate of drug-likeness (QED) is 0.103. The molecule has 3 aromatic heterocycles. The highest BCUT2D eigenvalue weighted by Gasteiger charge is 2.42. The molecule has 2 fully saturated rings. The number of anilines is 2. The Morgan fingerprint density at radius 1 is 0.926 bits per heavy atom. The Labute approximate surface area is 412 Å². The lowest BCUT2D eigenvalue weighted by molar-refractivity contribution is -0.144. The Balaban J connectivity index is 0.880. The van der Waals surface area contributed by atoms with Crippen LogP contribution < -0.4 is 15.5 Å². The highest BCUT2D eigenvalue weighted by atomic mass is 79.9. The van der Waals surface area contributed by atoms with E-state index >= 15 is 0 Å². The highest BCUT2D eigenvalue weighted by molar-refractivity contribution is 9.10. The molecule has 8 rings (SSSR count). The maximum Gasteiger partial charge on any atom is 0.246 e. The molecule has 3 amide bonds. The van der Waals surface area contributed by atoms with Crippen molar-refractivity contribution in [2.24, 2.45) is 11.3 Å². The maximum atomic E-state index is 14.4. The van der Waals surface area contributed by atoms with Gasteiger partial charge in [-0.3, -0.25) is 19.3 Å². The van der Waals surface area contributed by atoms with Crippen LogP contribution in [0.25, 0.3) is 27.3 Å². The number of thiazole rings is 1. The lowest BCUT2D eigenvalue weighted by Gasteiger charge is -2.37. The number of carbonyl (C=O) groups is 3. The molecule has 0 spiro atoms. The van der Waals surface area contributed by atoms with Gasteiger partial charge in [0.15, 0.2) is 0 Å². The van der Waals surface area contributed by atoms with Crippen LogP contribution in [0.15, 0.2) is 93.9 Å². The first-order valence-electron chi connectivity index (χ1n) is 23.8. The number of imidazole rings is 1. The Hall–Kier alpha value is -5.64. The maximum absolute atomic E-state index is 14.4. The number of hydrogen-bond donors (Lipinski definition) is 2. The normalized spacial score (nSPS) is 16.7. The van der Waals surface area contributed by atoms with Crippen molar-refractivity contribution >= 4 is 56.4 Å². The van der Waals surface area contributed by atoms with Crippen LogP contribution >= 0.6 is 27.3 Å². The van der Waals surface area contributed by atoms with Gasteiger partial charge in [0.2, 0.25) is 17.7 Å². The molecule has 68 heavy (non-hydrogen) atoms. The minimum atomic E-state index is -0.777. The average molecular weight is 1000 g/mol. The molecule has 2 aliphatic heterocycles. The highest BCUT2D eigenvalue weighted by Crippen LogP contribution is 2.38. The van der Waals surface area contributed by atoms with Gasteiger partial charge in [0.05, 0.1) is 46.4 Å². The Bertz CT molecular complexity index is 2700. The fraction of sp³-hybridized carbons (Fsp3) is 0.434. The van der Waals surface area contributed by atoms with Crippen molar-refractivity contribution in [3.05, 3.63) is 118 Å². The first-order valence-corrected chi connectivity index (χ1v) is 25.4. The molecule has 2 saturated heterocycles. The molecule has 0 radical (unpaired) electrons. The van der Waals surface area contributed by atoms with E-state index in [2.05, 4.69) is 107 Å². The number of nitrogens with one attached hydrogen (secondary N) is 2. The number of aryl methyl sites for hydroxylation is 4. The van der Waals surface area contributed by atoms with E-state index in [1.165, 1.54) is 5.56 Å². The summed E-state index contributed by atoms with van der Waals surface area (Å²) in [6.45, 7) is 19.0. The third kappa shape index (κ3) is 11.0. The van der Waals surface area contributed by atoms with Crippen LogP contribution in [0.3, 0.4) is 0 Å². The number of amides is 3.